The van der Waals surface area contributed by atoms with E-state index >= 15 is 0 Å². The van der Waals surface area contributed by atoms with E-state index in [-0.39, 0.29) is 21.4 Å². The predicted octanol–water partition coefficient (Wildman–Crippen LogP) is 0.867. The van der Waals surface area contributed by atoms with Crippen LogP contribution in [0.25, 0.3) is 0 Å². The number of methoxy groups -OCH3 is 1. The second-order valence-electron chi connectivity index (χ2n) is 3.89. The van der Waals surface area contributed by atoms with Crippen molar-refractivity contribution in [3.8, 4) is 0 Å². The molecule has 0 fully saturated rings. The number of hydrogen-bond acceptors (Lipinski definition) is 6. The summed E-state index contributed by atoms with van der Waals surface area (Å²) in [6.45, 7) is 2.36. The van der Waals surface area contributed by atoms with Gasteiger partial charge in [0.15, 0.2) is 11.5 Å². The fourth-order valence-electron chi connectivity index (χ4n) is 1.48. The van der Waals surface area contributed by atoms with Gasteiger partial charge in [-0.2, -0.15) is 10.2 Å². The third-order valence-corrected chi connectivity index (χ3v) is 4.23. The fourth-order valence-corrected chi connectivity index (χ4v) is 2.71. The topological polar surface area (TPSA) is 119 Å². The smallest absolute Gasteiger partial charge is 0.357 e. The van der Waals surface area contributed by atoms with Crippen LogP contribution in [0.5, 0.6) is 0 Å². The van der Waals surface area contributed by atoms with Crippen molar-refractivity contribution in [3.63, 3.8) is 0 Å². The molecule has 0 unspecified atom stereocenters. The molecule has 0 saturated heterocycles. The molecule has 2 aromatic heterocycles. The monoisotopic (exact) mass is 333 g/mol. The quantitative estimate of drug-likeness (QED) is 0.783. The Morgan fingerprint density at radius 2 is 2.29 bits per heavy atom. The molecule has 0 aromatic carbocycles. The molecule has 0 aliphatic rings. The van der Waals surface area contributed by atoms with Gasteiger partial charge in [0, 0.05) is 12.7 Å². The van der Waals surface area contributed by atoms with Gasteiger partial charge in [0.2, 0.25) is 0 Å². The number of halogens is 1. The molecule has 11 heteroatoms. The number of nitrogens with zero attached hydrogens (tertiary/aromatic N) is 3. The van der Waals surface area contributed by atoms with Gasteiger partial charge in [0.1, 0.15) is 9.92 Å². The van der Waals surface area contributed by atoms with E-state index in [1.807, 2.05) is 6.92 Å². The van der Waals surface area contributed by atoms with E-state index in [0.29, 0.717) is 6.54 Å². The Labute approximate surface area is 125 Å². The second kappa shape index (κ2) is 5.74. The van der Waals surface area contributed by atoms with E-state index < -0.39 is 16.0 Å². The molecular weight excluding hydrogens is 322 g/mol. The van der Waals surface area contributed by atoms with Gasteiger partial charge in [-0.25, -0.2) is 13.2 Å². The first-order valence-corrected chi connectivity index (χ1v) is 7.62. The van der Waals surface area contributed by atoms with Crippen molar-refractivity contribution in [3.05, 3.63) is 23.1 Å². The molecule has 114 valence electrons. The average Bonchev–Trinajstić information content (AvgIpc) is 3.06. The average molecular weight is 334 g/mol. The number of sulfonamides is 1. The number of rotatable bonds is 5. The lowest BCUT2D eigenvalue weighted by Gasteiger charge is -2.03. The zero-order valence-corrected chi connectivity index (χ0v) is 12.7. The number of aryl methyl sites for hydroxylation is 1. The summed E-state index contributed by atoms with van der Waals surface area (Å²) in [6.07, 6.45) is 2.57. The Morgan fingerprint density at radius 3 is 2.86 bits per heavy atom. The van der Waals surface area contributed by atoms with Crippen LogP contribution in [0.3, 0.4) is 0 Å². The number of ether oxygens (including phenoxy) is 1. The minimum atomic E-state index is -3.90. The van der Waals surface area contributed by atoms with Crippen molar-refractivity contribution < 1.29 is 17.9 Å². The highest BCUT2D eigenvalue weighted by molar-refractivity contribution is 7.92. The highest BCUT2D eigenvalue weighted by Gasteiger charge is 2.23. The first-order chi connectivity index (χ1) is 9.89. The van der Waals surface area contributed by atoms with Crippen molar-refractivity contribution >= 4 is 33.4 Å². The van der Waals surface area contributed by atoms with E-state index in [9.17, 15) is 13.2 Å². The maximum atomic E-state index is 12.1. The van der Waals surface area contributed by atoms with E-state index in [1.165, 1.54) is 24.2 Å². The van der Waals surface area contributed by atoms with Crippen LogP contribution in [0, 0.1) is 0 Å². The first kappa shape index (κ1) is 15.3. The molecule has 0 atom stereocenters. The molecule has 0 saturated carbocycles. The number of anilines is 1. The van der Waals surface area contributed by atoms with Gasteiger partial charge in [-0.3, -0.25) is 14.5 Å². The molecule has 2 heterocycles. The number of esters is 1. The number of H-pyrrole nitrogens is 1. The van der Waals surface area contributed by atoms with Gasteiger partial charge < -0.3 is 4.74 Å². The van der Waals surface area contributed by atoms with Gasteiger partial charge in [-0.05, 0) is 6.92 Å². The number of aromatic amines is 1. The maximum Gasteiger partial charge on any atom is 0.357 e. The number of carbonyl (C=O) groups is 1. The highest BCUT2D eigenvalue weighted by atomic mass is 35.5. The minimum absolute atomic E-state index is 0.0389. The van der Waals surface area contributed by atoms with Crippen LogP contribution in [0.1, 0.15) is 17.4 Å². The summed E-state index contributed by atoms with van der Waals surface area (Å²) in [7, 11) is -2.73. The van der Waals surface area contributed by atoms with E-state index in [0.717, 1.165) is 0 Å². The summed E-state index contributed by atoms with van der Waals surface area (Å²) in [5.74, 6) is -0.946. The standard InChI is InChI=1S/C10H12ClN5O4S/c1-3-16-5-6(4-12-16)21(18,19)15-9-7(11)8(13-14-9)10(17)20-2/h4-5H,3H2,1-2H3,(H2,13,14,15). The number of nitrogens with one attached hydrogen (secondary N) is 2. The molecule has 0 spiro atoms. The Bertz CT molecular complexity index is 766. The van der Waals surface area contributed by atoms with Crippen molar-refractivity contribution in [1.29, 1.82) is 0 Å². The highest BCUT2D eigenvalue weighted by Crippen LogP contribution is 2.25. The zero-order valence-electron chi connectivity index (χ0n) is 11.1. The van der Waals surface area contributed by atoms with Crippen molar-refractivity contribution in [2.24, 2.45) is 0 Å². The largest absolute Gasteiger partial charge is 0.464 e. The van der Waals surface area contributed by atoms with E-state index in [2.05, 4.69) is 24.8 Å². The molecule has 0 bridgehead atoms. The lowest BCUT2D eigenvalue weighted by atomic mass is 10.4. The third-order valence-electron chi connectivity index (χ3n) is 2.57. The number of hydrogen-bond donors (Lipinski definition) is 2. The minimum Gasteiger partial charge on any atom is -0.464 e. The van der Waals surface area contributed by atoms with Crippen molar-refractivity contribution in [2.45, 2.75) is 18.4 Å². The summed E-state index contributed by atoms with van der Waals surface area (Å²) < 4.78 is 32.4. The van der Waals surface area contributed by atoms with Crippen LogP contribution in [-0.4, -0.2) is 41.5 Å². The van der Waals surface area contributed by atoms with Crippen LogP contribution in [-0.2, 0) is 21.3 Å². The van der Waals surface area contributed by atoms with Crippen LogP contribution in [0.4, 0.5) is 5.82 Å². The van der Waals surface area contributed by atoms with E-state index in [4.69, 9.17) is 11.6 Å². The maximum absolute atomic E-state index is 12.1. The van der Waals surface area contributed by atoms with Gasteiger partial charge in [-0.1, -0.05) is 11.6 Å². The SMILES string of the molecule is CCn1cc(S(=O)(=O)Nc2n[nH]c(C(=O)OC)c2Cl)cn1. The zero-order chi connectivity index (χ0) is 15.6. The fraction of sp³-hybridized carbons (Fsp3) is 0.300. The Kier molecular flexibility index (Phi) is 4.19. The third kappa shape index (κ3) is 3.00. The summed E-state index contributed by atoms with van der Waals surface area (Å²) in [5.41, 5.74) is -0.138. The molecule has 2 rings (SSSR count). The molecular formula is C10H12ClN5O4S. The predicted molar refractivity (Wildman–Crippen MR) is 73.6 cm³/mol. The molecule has 0 amide bonds. The number of carbonyl (C=O) groups excluding carboxylic acids is 1. The molecule has 2 aromatic rings. The molecule has 2 N–H and O–H groups in total. The Balaban J connectivity index is 2.29. The van der Waals surface area contributed by atoms with Crippen molar-refractivity contribution in [2.75, 3.05) is 11.8 Å². The van der Waals surface area contributed by atoms with Crippen LogP contribution >= 0.6 is 11.6 Å². The second-order valence-corrected chi connectivity index (χ2v) is 5.95. The summed E-state index contributed by atoms with van der Waals surface area (Å²) in [6, 6.07) is 0. The van der Waals surface area contributed by atoms with Gasteiger partial charge in [0.25, 0.3) is 10.0 Å². The Morgan fingerprint density at radius 1 is 1.57 bits per heavy atom. The summed E-state index contributed by atoms with van der Waals surface area (Å²) >= 11 is 5.88. The summed E-state index contributed by atoms with van der Waals surface area (Å²) in [5, 5.41) is 9.66. The Hall–Kier alpha value is -2.07. The van der Waals surface area contributed by atoms with Crippen molar-refractivity contribution in [1.82, 2.24) is 20.0 Å². The van der Waals surface area contributed by atoms with Gasteiger partial charge in [0.05, 0.1) is 13.3 Å². The molecule has 0 aliphatic heterocycles. The molecule has 0 radical (unpaired) electrons. The number of aromatic nitrogens is 4. The lowest BCUT2D eigenvalue weighted by molar-refractivity contribution is 0.0594. The van der Waals surface area contributed by atoms with Crippen LogP contribution in [0.2, 0.25) is 5.02 Å². The molecule has 9 nitrogen and oxygen atoms in total. The van der Waals surface area contributed by atoms with Gasteiger partial charge >= 0.3 is 5.97 Å². The normalized spacial score (nSPS) is 11.4. The van der Waals surface area contributed by atoms with Crippen LogP contribution < -0.4 is 4.72 Å². The van der Waals surface area contributed by atoms with Crippen LogP contribution in [0.15, 0.2) is 17.3 Å². The van der Waals surface area contributed by atoms with E-state index in [1.54, 1.807) is 0 Å². The molecule has 21 heavy (non-hydrogen) atoms. The lowest BCUT2D eigenvalue weighted by Crippen LogP contribution is -2.13. The first-order valence-electron chi connectivity index (χ1n) is 5.76. The molecule has 0 aliphatic carbocycles. The summed E-state index contributed by atoms with van der Waals surface area (Å²) in [4.78, 5) is 11.3. The van der Waals surface area contributed by atoms with Gasteiger partial charge in [-0.15, -0.1) is 0 Å².